The third kappa shape index (κ3) is 9.93. The second kappa shape index (κ2) is 18.1. The molecule has 310 valence electrons. The second-order valence-electron chi connectivity index (χ2n) is 15.0. The first-order valence-electron chi connectivity index (χ1n) is 19.2. The molecule has 3 aliphatic rings. The Labute approximate surface area is 338 Å². The van der Waals surface area contributed by atoms with Crippen LogP contribution in [0.4, 0.5) is 4.79 Å². The first-order chi connectivity index (χ1) is 27.9. The summed E-state index contributed by atoms with van der Waals surface area (Å²) < 4.78 is 89.3. The Balaban J connectivity index is 1.06. The van der Waals surface area contributed by atoms with Crippen molar-refractivity contribution in [3.8, 4) is 17.2 Å². The van der Waals surface area contributed by atoms with Crippen molar-refractivity contribution >= 4 is 26.0 Å². The van der Waals surface area contributed by atoms with E-state index in [0.717, 1.165) is 5.56 Å². The lowest BCUT2D eigenvalue weighted by atomic mass is 10.0. The number of aliphatic hydroxyl groups excluding tert-OH is 1. The summed E-state index contributed by atoms with van der Waals surface area (Å²) in [5.41, 5.74) is 2.07. The van der Waals surface area contributed by atoms with Crippen LogP contribution in [0.5, 0.6) is 17.2 Å². The molecule has 0 aliphatic carbocycles. The van der Waals surface area contributed by atoms with E-state index in [2.05, 4.69) is 5.32 Å². The van der Waals surface area contributed by atoms with E-state index in [1.807, 2.05) is 26.0 Å². The van der Waals surface area contributed by atoms with Crippen LogP contribution in [-0.4, -0.2) is 90.0 Å². The molecule has 0 saturated carbocycles. The van der Waals surface area contributed by atoms with Crippen molar-refractivity contribution in [2.24, 2.45) is 11.8 Å². The summed E-state index contributed by atoms with van der Waals surface area (Å²) in [5.74, 6) is 0.896. The zero-order valence-corrected chi connectivity index (χ0v) is 33.9. The number of amides is 1. The lowest BCUT2D eigenvalue weighted by molar-refractivity contribution is -0.0907. The molecule has 14 nitrogen and oxygen atoms in total. The third-order valence-electron chi connectivity index (χ3n) is 10.3. The second-order valence-corrected chi connectivity index (χ2v) is 18.9. The minimum atomic E-state index is -4.13. The van der Waals surface area contributed by atoms with Gasteiger partial charge in [-0.05, 0) is 71.8 Å². The normalized spacial score (nSPS) is 19.8. The van der Waals surface area contributed by atoms with Gasteiger partial charge in [0, 0.05) is 19.2 Å². The first kappa shape index (κ1) is 41.4. The molecule has 3 aliphatic heterocycles. The van der Waals surface area contributed by atoms with Crippen molar-refractivity contribution in [1.82, 2.24) is 9.62 Å². The summed E-state index contributed by atoms with van der Waals surface area (Å²) in [7, 11) is -7.70. The van der Waals surface area contributed by atoms with Gasteiger partial charge in [-0.2, -0.15) is 4.31 Å². The van der Waals surface area contributed by atoms with Crippen LogP contribution in [0.25, 0.3) is 0 Å². The minimum Gasteiger partial charge on any atom is -0.489 e. The molecule has 4 aromatic carbocycles. The van der Waals surface area contributed by atoms with E-state index >= 15 is 0 Å². The van der Waals surface area contributed by atoms with Gasteiger partial charge in [-0.3, -0.25) is 0 Å². The van der Waals surface area contributed by atoms with Gasteiger partial charge in [0.15, 0.2) is 27.6 Å². The van der Waals surface area contributed by atoms with Crippen molar-refractivity contribution in [1.29, 1.82) is 0 Å². The molecule has 2 saturated heterocycles. The molecular formula is C42H48N2O12S2. The molecule has 0 radical (unpaired) electrons. The van der Waals surface area contributed by atoms with Gasteiger partial charge >= 0.3 is 6.09 Å². The number of hydrogen-bond donors (Lipinski definition) is 2. The number of ether oxygens (including phenoxy) is 6. The fourth-order valence-corrected chi connectivity index (χ4v) is 10.3. The number of fused-ring (bicyclic) bond motifs is 2. The molecule has 0 unspecified atom stereocenters. The van der Waals surface area contributed by atoms with Crippen molar-refractivity contribution in [3.63, 3.8) is 0 Å². The van der Waals surface area contributed by atoms with Crippen LogP contribution in [0.15, 0.2) is 107 Å². The number of aliphatic hydroxyl groups is 1. The Morgan fingerprint density at radius 1 is 0.862 bits per heavy atom. The average molecular weight is 837 g/mol. The maximum absolute atomic E-state index is 14.0. The highest BCUT2D eigenvalue weighted by atomic mass is 32.2. The Hall–Kier alpha value is -4.71. The van der Waals surface area contributed by atoms with Gasteiger partial charge < -0.3 is 38.8 Å². The summed E-state index contributed by atoms with van der Waals surface area (Å²) in [6, 6.07) is 26.0. The number of sulfonamides is 1. The fraction of sp³-hybridized carbons (Fsp3) is 0.405. The van der Waals surface area contributed by atoms with Gasteiger partial charge in [-0.1, -0.05) is 68.4 Å². The minimum absolute atomic E-state index is 0.0131. The van der Waals surface area contributed by atoms with E-state index in [1.54, 1.807) is 66.7 Å². The van der Waals surface area contributed by atoms with Crippen LogP contribution in [0.1, 0.15) is 37.0 Å². The zero-order chi connectivity index (χ0) is 40.9. The number of rotatable bonds is 17. The van der Waals surface area contributed by atoms with Crippen molar-refractivity contribution in [2.45, 2.75) is 73.4 Å². The van der Waals surface area contributed by atoms with Gasteiger partial charge in [0.2, 0.25) is 16.8 Å². The zero-order valence-electron chi connectivity index (χ0n) is 32.3. The number of carbonyl (C=O) groups is 1. The molecule has 4 aromatic rings. The van der Waals surface area contributed by atoms with Gasteiger partial charge in [0.25, 0.3) is 0 Å². The van der Waals surface area contributed by atoms with E-state index in [4.69, 9.17) is 28.4 Å². The SMILES string of the molecule is CC(C)CN(C[C@@H](O)[C@H](Cc1ccc(OCc2ccccc2CS(=O)(=O)c2ccccc2)cc1)NC(=O)O[C@H]1CO[C@H]2OCC[C@H]21)S(=O)(=O)c1ccc2c(c1)OCO2. The van der Waals surface area contributed by atoms with Gasteiger partial charge in [0.1, 0.15) is 18.5 Å². The largest absolute Gasteiger partial charge is 0.489 e. The van der Waals surface area contributed by atoms with Crippen LogP contribution in [0.2, 0.25) is 0 Å². The highest BCUT2D eigenvalue weighted by Crippen LogP contribution is 2.35. The Morgan fingerprint density at radius 2 is 1.59 bits per heavy atom. The van der Waals surface area contributed by atoms with Gasteiger partial charge in [0.05, 0.1) is 46.8 Å². The van der Waals surface area contributed by atoms with Gasteiger partial charge in [-0.25, -0.2) is 21.6 Å². The molecule has 3 heterocycles. The fourth-order valence-electron chi connectivity index (χ4n) is 7.25. The molecule has 5 atom stereocenters. The van der Waals surface area contributed by atoms with Gasteiger partial charge in [-0.15, -0.1) is 0 Å². The van der Waals surface area contributed by atoms with Crippen molar-refractivity contribution in [2.75, 3.05) is 33.1 Å². The topological polar surface area (TPSA) is 176 Å². The average Bonchev–Trinajstić information content (AvgIpc) is 3.97. The first-order valence-corrected chi connectivity index (χ1v) is 22.3. The number of alkyl carbamates (subject to hydrolysis) is 1. The number of benzene rings is 4. The smallest absolute Gasteiger partial charge is 0.407 e. The lowest BCUT2D eigenvalue weighted by Gasteiger charge is -2.31. The third-order valence-corrected chi connectivity index (χ3v) is 13.8. The van der Waals surface area contributed by atoms with Crippen LogP contribution in [-0.2, 0) is 52.9 Å². The Kier molecular flexibility index (Phi) is 12.9. The monoisotopic (exact) mass is 836 g/mol. The highest BCUT2D eigenvalue weighted by molar-refractivity contribution is 7.90. The quantitative estimate of drug-likeness (QED) is 0.145. The summed E-state index contributed by atoms with van der Waals surface area (Å²) in [5, 5.41) is 14.6. The number of nitrogens with zero attached hydrogens (tertiary/aromatic N) is 1. The molecule has 1 amide bonds. The van der Waals surface area contributed by atoms with Crippen LogP contribution < -0.4 is 19.5 Å². The highest BCUT2D eigenvalue weighted by Gasteiger charge is 2.44. The molecule has 2 fully saturated rings. The Morgan fingerprint density at radius 3 is 2.34 bits per heavy atom. The number of carbonyl (C=O) groups excluding carboxylic acids is 1. The van der Waals surface area contributed by atoms with Crippen molar-refractivity contribution < 1.29 is 55.2 Å². The van der Waals surface area contributed by atoms with E-state index in [-0.39, 0.29) is 66.9 Å². The van der Waals surface area contributed by atoms with Crippen LogP contribution >= 0.6 is 0 Å². The number of nitrogens with one attached hydrogen (secondary N) is 1. The van der Waals surface area contributed by atoms with E-state index in [0.29, 0.717) is 41.4 Å². The van der Waals surface area contributed by atoms with Crippen LogP contribution in [0.3, 0.4) is 0 Å². The molecule has 2 N–H and O–H groups in total. The summed E-state index contributed by atoms with van der Waals surface area (Å²) >= 11 is 0. The summed E-state index contributed by atoms with van der Waals surface area (Å²) in [4.78, 5) is 13.6. The summed E-state index contributed by atoms with van der Waals surface area (Å²) in [6.45, 7) is 4.31. The van der Waals surface area contributed by atoms with E-state index in [9.17, 15) is 26.7 Å². The molecular weight excluding hydrogens is 789 g/mol. The van der Waals surface area contributed by atoms with Crippen molar-refractivity contribution in [3.05, 3.63) is 114 Å². The van der Waals surface area contributed by atoms with E-state index in [1.165, 1.54) is 22.5 Å². The Bertz CT molecular complexity index is 2260. The molecule has 16 heteroatoms. The standard InChI is InChI=1S/C42H48N2O12S2/c1-28(2)22-44(58(49,50)34-16-17-38-39(21-34)55-27-54-38)23-37(45)36(43-42(46)56-40-25-53-41-35(40)18-19-51-41)20-29-12-14-32(15-13-29)52-24-30-8-6-7-9-31(30)26-57(47,48)33-10-4-3-5-11-33/h3-17,21,28,35-37,40-41,45H,18-20,22-27H2,1-2H3,(H,43,46)/t35-,36-,37+,40-,41+/m0/s1. The maximum Gasteiger partial charge on any atom is 0.407 e. The predicted molar refractivity (Wildman–Crippen MR) is 211 cm³/mol. The maximum atomic E-state index is 14.0. The molecule has 0 bridgehead atoms. The number of sulfone groups is 1. The summed E-state index contributed by atoms with van der Waals surface area (Å²) in [6.07, 6.45) is -2.30. The molecule has 0 spiro atoms. The van der Waals surface area contributed by atoms with E-state index < -0.39 is 50.5 Å². The number of hydrogen-bond acceptors (Lipinski definition) is 12. The predicted octanol–water partition coefficient (Wildman–Crippen LogP) is 5.07. The molecule has 7 rings (SSSR count). The molecule has 58 heavy (non-hydrogen) atoms. The molecule has 0 aromatic heterocycles. The van der Waals surface area contributed by atoms with Crippen LogP contribution in [0, 0.1) is 11.8 Å². The lowest BCUT2D eigenvalue weighted by Crippen LogP contribution is -2.51.